The minimum absolute atomic E-state index is 0.00532. The standard InChI is InChI=1S/C40H41ClN2O5/c1-5-47-37-23-28(14-19-36(37)48-24-26-10-15-30(41)16-11-26)40-39-33(21-29(22-35(39)44)27-12-17-31(46-4)18-13-27)42-32-8-6-7-9-34(32)43(40)38(45)20-25(2)3/h6-19,23,25,29,40,42H,5,20-22,24H2,1-4H3/t29-,40-/m1/s1. The third kappa shape index (κ3) is 7.07. The number of anilines is 2. The Morgan fingerprint density at radius 2 is 1.65 bits per heavy atom. The van der Waals surface area contributed by atoms with Gasteiger partial charge < -0.3 is 19.5 Å². The number of para-hydroxylation sites is 2. The van der Waals surface area contributed by atoms with Gasteiger partial charge in [0.25, 0.3) is 0 Å². The molecule has 8 heteroatoms. The smallest absolute Gasteiger partial charge is 0.228 e. The highest BCUT2D eigenvalue weighted by molar-refractivity contribution is 6.30. The Kier molecular flexibility index (Phi) is 10.1. The summed E-state index contributed by atoms with van der Waals surface area (Å²) in [5.41, 5.74) is 5.77. The third-order valence-corrected chi connectivity index (χ3v) is 9.07. The van der Waals surface area contributed by atoms with Gasteiger partial charge in [0.1, 0.15) is 12.4 Å². The van der Waals surface area contributed by atoms with E-state index in [1.165, 1.54) is 0 Å². The molecule has 0 saturated carbocycles. The third-order valence-electron chi connectivity index (χ3n) is 8.82. The van der Waals surface area contributed by atoms with E-state index in [1.54, 1.807) is 7.11 Å². The SMILES string of the molecule is CCOc1cc([C@@H]2C3=C(C[C@@H](c4ccc(OC)cc4)CC3=O)Nc3ccccc3N2C(=O)CC(C)C)ccc1OCc1ccc(Cl)cc1. The minimum atomic E-state index is -0.670. The van der Waals surface area contributed by atoms with Crippen molar-refractivity contribution in [1.82, 2.24) is 0 Å². The number of halogens is 1. The fourth-order valence-corrected chi connectivity index (χ4v) is 6.69. The summed E-state index contributed by atoms with van der Waals surface area (Å²) in [6, 6.07) is 28.3. The molecular formula is C40H41ClN2O5. The molecule has 1 N–H and O–H groups in total. The Balaban J connectivity index is 1.46. The van der Waals surface area contributed by atoms with Gasteiger partial charge in [-0.2, -0.15) is 0 Å². The Morgan fingerprint density at radius 1 is 0.917 bits per heavy atom. The largest absolute Gasteiger partial charge is 0.497 e. The fourth-order valence-electron chi connectivity index (χ4n) is 6.56. The van der Waals surface area contributed by atoms with Gasteiger partial charge in [-0.25, -0.2) is 0 Å². The quantitative estimate of drug-likeness (QED) is 0.182. The van der Waals surface area contributed by atoms with Gasteiger partial charge in [-0.3, -0.25) is 14.5 Å². The van der Waals surface area contributed by atoms with Gasteiger partial charge in [-0.15, -0.1) is 0 Å². The summed E-state index contributed by atoms with van der Waals surface area (Å²) >= 11 is 6.08. The van der Waals surface area contributed by atoms with E-state index in [0.29, 0.717) is 54.6 Å². The van der Waals surface area contributed by atoms with Crippen molar-refractivity contribution in [1.29, 1.82) is 0 Å². The molecule has 1 aliphatic carbocycles. The van der Waals surface area contributed by atoms with Gasteiger partial charge in [0.2, 0.25) is 5.91 Å². The lowest BCUT2D eigenvalue weighted by molar-refractivity contribution is -0.119. The normalized spacial score (nSPS) is 17.3. The van der Waals surface area contributed by atoms with Crippen LogP contribution in [0.15, 0.2) is 102 Å². The number of allylic oxidation sites excluding steroid dienone is 1. The molecule has 1 aliphatic heterocycles. The van der Waals surface area contributed by atoms with E-state index in [9.17, 15) is 9.59 Å². The number of hydrogen-bond donors (Lipinski definition) is 1. The van der Waals surface area contributed by atoms with Gasteiger partial charge in [0.15, 0.2) is 17.3 Å². The number of ketones is 1. The van der Waals surface area contributed by atoms with Gasteiger partial charge in [-0.1, -0.05) is 67.9 Å². The summed E-state index contributed by atoms with van der Waals surface area (Å²) in [5.74, 6) is 1.95. The molecule has 1 heterocycles. The van der Waals surface area contributed by atoms with Crippen LogP contribution in [0.4, 0.5) is 11.4 Å². The van der Waals surface area contributed by atoms with E-state index in [2.05, 4.69) is 5.32 Å². The number of ether oxygens (including phenoxy) is 3. The summed E-state index contributed by atoms with van der Waals surface area (Å²) in [6.45, 7) is 6.74. The van der Waals surface area contributed by atoms with Gasteiger partial charge >= 0.3 is 0 Å². The number of benzene rings is 4. The lowest BCUT2D eigenvalue weighted by Crippen LogP contribution is -2.39. The summed E-state index contributed by atoms with van der Waals surface area (Å²) in [5, 5.41) is 4.28. The Labute approximate surface area is 287 Å². The average Bonchev–Trinajstić information content (AvgIpc) is 3.23. The van der Waals surface area contributed by atoms with Crippen molar-refractivity contribution in [2.45, 2.75) is 58.6 Å². The first kappa shape index (κ1) is 33.2. The number of carbonyl (C=O) groups excluding carboxylic acids is 2. The van der Waals surface area contributed by atoms with Gasteiger partial charge in [-0.05, 0) is 90.4 Å². The Bertz CT molecular complexity index is 1820. The molecule has 48 heavy (non-hydrogen) atoms. The lowest BCUT2D eigenvalue weighted by atomic mass is 9.78. The van der Waals surface area contributed by atoms with Crippen molar-refractivity contribution in [3.63, 3.8) is 0 Å². The molecule has 4 aromatic carbocycles. The average molecular weight is 665 g/mol. The van der Waals surface area contributed by atoms with Gasteiger partial charge in [0, 0.05) is 29.1 Å². The Morgan fingerprint density at radius 3 is 2.35 bits per heavy atom. The van der Waals surface area contributed by atoms with Crippen molar-refractivity contribution in [2.24, 2.45) is 5.92 Å². The molecule has 0 aromatic heterocycles. The molecule has 0 saturated heterocycles. The molecule has 0 radical (unpaired) electrons. The van der Waals surface area contributed by atoms with E-state index >= 15 is 0 Å². The van der Waals surface area contributed by atoms with E-state index < -0.39 is 6.04 Å². The predicted molar refractivity (Wildman–Crippen MR) is 190 cm³/mol. The molecule has 0 bridgehead atoms. The molecule has 2 atom stereocenters. The molecule has 7 nitrogen and oxygen atoms in total. The number of rotatable bonds is 10. The van der Waals surface area contributed by atoms with Crippen LogP contribution in [0.5, 0.6) is 17.2 Å². The highest BCUT2D eigenvalue weighted by atomic mass is 35.5. The molecule has 0 spiro atoms. The van der Waals surface area contributed by atoms with Crippen molar-refractivity contribution in [3.8, 4) is 17.2 Å². The van der Waals surface area contributed by atoms with Crippen molar-refractivity contribution in [2.75, 3.05) is 23.9 Å². The van der Waals surface area contributed by atoms with E-state index in [-0.39, 0.29) is 23.5 Å². The van der Waals surface area contributed by atoms with Crippen LogP contribution in [0.25, 0.3) is 0 Å². The monoisotopic (exact) mass is 664 g/mol. The first-order chi connectivity index (χ1) is 23.2. The second-order valence-corrected chi connectivity index (χ2v) is 13.1. The first-order valence-corrected chi connectivity index (χ1v) is 16.9. The summed E-state index contributed by atoms with van der Waals surface area (Å²) in [7, 11) is 1.64. The van der Waals surface area contributed by atoms with Crippen LogP contribution in [-0.4, -0.2) is 25.4 Å². The van der Waals surface area contributed by atoms with Crippen LogP contribution in [0.3, 0.4) is 0 Å². The molecule has 2 aliphatic rings. The van der Waals surface area contributed by atoms with Crippen molar-refractivity contribution < 1.29 is 23.8 Å². The zero-order chi connectivity index (χ0) is 33.8. The van der Waals surface area contributed by atoms with Crippen LogP contribution >= 0.6 is 11.6 Å². The first-order valence-electron chi connectivity index (χ1n) is 16.5. The topological polar surface area (TPSA) is 77.1 Å². The number of carbonyl (C=O) groups is 2. The molecule has 6 rings (SSSR count). The molecule has 0 fully saturated rings. The lowest BCUT2D eigenvalue weighted by Gasteiger charge is -2.35. The maximum atomic E-state index is 14.4. The van der Waals surface area contributed by atoms with Crippen LogP contribution in [0, 0.1) is 5.92 Å². The maximum absolute atomic E-state index is 14.4. The number of fused-ring (bicyclic) bond motifs is 1. The van der Waals surface area contributed by atoms with E-state index in [4.69, 9.17) is 25.8 Å². The Hall–Kier alpha value is -4.75. The second kappa shape index (κ2) is 14.6. The van der Waals surface area contributed by atoms with Crippen LogP contribution in [-0.2, 0) is 16.2 Å². The molecular weight excluding hydrogens is 624 g/mol. The zero-order valence-electron chi connectivity index (χ0n) is 27.8. The zero-order valence-corrected chi connectivity index (χ0v) is 28.6. The summed E-state index contributed by atoms with van der Waals surface area (Å²) in [4.78, 5) is 30.5. The van der Waals surface area contributed by atoms with Crippen LogP contribution in [0.1, 0.15) is 68.7 Å². The molecule has 1 amide bonds. The minimum Gasteiger partial charge on any atom is -0.497 e. The van der Waals surface area contributed by atoms with E-state index in [0.717, 1.165) is 39.5 Å². The summed E-state index contributed by atoms with van der Waals surface area (Å²) < 4.78 is 17.7. The fraction of sp³-hybridized carbons (Fsp3) is 0.300. The van der Waals surface area contributed by atoms with Crippen molar-refractivity contribution in [3.05, 3.63) is 124 Å². The number of amides is 1. The second-order valence-electron chi connectivity index (χ2n) is 12.7. The van der Waals surface area contributed by atoms with E-state index in [1.807, 2.05) is 117 Å². The number of hydrogen-bond acceptors (Lipinski definition) is 6. The van der Waals surface area contributed by atoms with Crippen molar-refractivity contribution >= 4 is 34.7 Å². The molecule has 0 unspecified atom stereocenters. The predicted octanol–water partition coefficient (Wildman–Crippen LogP) is 9.27. The number of Topliss-reactive ketones (excluding diaryl/α,β-unsaturated/α-hetero) is 1. The van der Waals surface area contributed by atoms with Gasteiger partial charge in [0.05, 0.1) is 31.1 Å². The number of methoxy groups -OCH3 is 1. The summed E-state index contributed by atoms with van der Waals surface area (Å²) in [6.07, 6.45) is 1.27. The van der Waals surface area contributed by atoms with Crippen LogP contribution in [0.2, 0.25) is 5.02 Å². The molecule has 248 valence electrons. The number of nitrogens with zero attached hydrogens (tertiary/aromatic N) is 1. The maximum Gasteiger partial charge on any atom is 0.228 e. The van der Waals surface area contributed by atoms with Crippen LogP contribution < -0.4 is 24.4 Å². The highest BCUT2D eigenvalue weighted by Gasteiger charge is 2.42. The highest BCUT2D eigenvalue weighted by Crippen LogP contribution is 2.49. The number of nitrogens with one attached hydrogen (secondary N) is 1. The molecule has 4 aromatic rings.